The van der Waals surface area contributed by atoms with E-state index >= 15 is 0 Å². The number of anilines is 1. The molecule has 0 saturated carbocycles. The predicted molar refractivity (Wildman–Crippen MR) is 62.2 cm³/mol. The van der Waals surface area contributed by atoms with E-state index in [1.165, 1.54) is 12.4 Å². The summed E-state index contributed by atoms with van der Waals surface area (Å²) in [6, 6.07) is 9.16. The van der Waals surface area contributed by atoms with E-state index in [-0.39, 0.29) is 12.4 Å². The van der Waals surface area contributed by atoms with Crippen molar-refractivity contribution in [1.82, 2.24) is 9.97 Å². The number of ether oxygens (including phenoxy) is 1. The first kappa shape index (κ1) is 12.0. The molecule has 1 amide bonds. The number of nitrogens with one attached hydrogen (secondary N) is 1. The fraction of sp³-hybridized carbons (Fsp3) is 0.0833. The standard InChI is InChI=1S/C12H10FN3O2/c13-10-11(15-7-6-14-10)16-12(17)18-8-9-4-2-1-3-5-9/h1-7H,8H2,(H,15,16,17). The second-order valence-electron chi connectivity index (χ2n) is 3.38. The summed E-state index contributed by atoms with van der Waals surface area (Å²) in [4.78, 5) is 18.3. The number of carbonyl (C=O) groups is 1. The number of hydrogen-bond acceptors (Lipinski definition) is 4. The van der Waals surface area contributed by atoms with Crippen LogP contribution in [0.25, 0.3) is 0 Å². The molecule has 92 valence electrons. The van der Waals surface area contributed by atoms with Crippen LogP contribution in [0.3, 0.4) is 0 Å². The minimum Gasteiger partial charge on any atom is -0.444 e. The summed E-state index contributed by atoms with van der Waals surface area (Å²) in [5, 5.41) is 2.17. The summed E-state index contributed by atoms with van der Waals surface area (Å²) in [5.41, 5.74) is 0.840. The van der Waals surface area contributed by atoms with Gasteiger partial charge in [-0.25, -0.2) is 14.8 Å². The van der Waals surface area contributed by atoms with Gasteiger partial charge in [0, 0.05) is 12.4 Å². The molecule has 2 aromatic rings. The van der Waals surface area contributed by atoms with Crippen LogP contribution in [-0.2, 0) is 11.3 Å². The lowest BCUT2D eigenvalue weighted by Gasteiger charge is -2.06. The van der Waals surface area contributed by atoms with Crippen molar-refractivity contribution in [1.29, 1.82) is 0 Å². The molecule has 0 bridgehead atoms. The summed E-state index contributed by atoms with van der Waals surface area (Å²) < 4.78 is 18.0. The third kappa shape index (κ3) is 3.24. The average molecular weight is 247 g/mol. The predicted octanol–water partition coefficient (Wildman–Crippen LogP) is 2.36. The highest BCUT2D eigenvalue weighted by Gasteiger charge is 2.09. The lowest BCUT2D eigenvalue weighted by atomic mass is 10.2. The second-order valence-corrected chi connectivity index (χ2v) is 3.38. The Morgan fingerprint density at radius 3 is 2.67 bits per heavy atom. The molecule has 0 fully saturated rings. The van der Waals surface area contributed by atoms with E-state index in [2.05, 4.69) is 15.3 Å². The van der Waals surface area contributed by atoms with E-state index in [1.807, 2.05) is 30.3 Å². The SMILES string of the molecule is O=C(Nc1nccnc1F)OCc1ccccc1. The Morgan fingerprint density at radius 1 is 1.22 bits per heavy atom. The maximum atomic E-state index is 13.1. The Bertz CT molecular complexity index is 534. The minimum atomic E-state index is -0.853. The van der Waals surface area contributed by atoms with Gasteiger partial charge in [0.15, 0.2) is 5.82 Å². The van der Waals surface area contributed by atoms with Crippen LogP contribution in [0.1, 0.15) is 5.56 Å². The lowest BCUT2D eigenvalue weighted by molar-refractivity contribution is 0.155. The highest BCUT2D eigenvalue weighted by atomic mass is 19.1. The molecule has 0 saturated heterocycles. The van der Waals surface area contributed by atoms with Gasteiger partial charge < -0.3 is 4.74 Å². The van der Waals surface area contributed by atoms with Crippen LogP contribution in [0.2, 0.25) is 0 Å². The fourth-order valence-corrected chi connectivity index (χ4v) is 1.26. The van der Waals surface area contributed by atoms with Gasteiger partial charge >= 0.3 is 6.09 Å². The molecule has 0 aliphatic carbocycles. The molecule has 2 rings (SSSR count). The molecule has 0 unspecified atom stereocenters. The zero-order chi connectivity index (χ0) is 12.8. The van der Waals surface area contributed by atoms with Gasteiger partial charge in [0.2, 0.25) is 0 Å². The van der Waals surface area contributed by atoms with Crippen molar-refractivity contribution in [2.75, 3.05) is 5.32 Å². The number of amides is 1. The normalized spacial score (nSPS) is 9.83. The number of aromatic nitrogens is 2. The van der Waals surface area contributed by atoms with E-state index in [0.717, 1.165) is 5.56 Å². The topological polar surface area (TPSA) is 64.1 Å². The maximum absolute atomic E-state index is 13.1. The summed E-state index contributed by atoms with van der Waals surface area (Å²) in [5.74, 6) is -1.11. The molecule has 0 radical (unpaired) electrons. The fourth-order valence-electron chi connectivity index (χ4n) is 1.26. The van der Waals surface area contributed by atoms with E-state index < -0.39 is 12.0 Å². The highest BCUT2D eigenvalue weighted by molar-refractivity contribution is 5.83. The zero-order valence-electron chi connectivity index (χ0n) is 9.34. The highest BCUT2D eigenvalue weighted by Crippen LogP contribution is 2.07. The molecular formula is C12H10FN3O2. The molecular weight excluding hydrogens is 237 g/mol. The summed E-state index contributed by atoms with van der Waals surface area (Å²) >= 11 is 0. The minimum absolute atomic E-state index is 0.106. The summed E-state index contributed by atoms with van der Waals surface area (Å²) in [6.07, 6.45) is 1.68. The van der Waals surface area contributed by atoms with Gasteiger partial charge in [-0.3, -0.25) is 5.32 Å². The Morgan fingerprint density at radius 2 is 1.94 bits per heavy atom. The average Bonchev–Trinajstić information content (AvgIpc) is 2.40. The van der Waals surface area contributed by atoms with Crippen LogP contribution in [0.5, 0.6) is 0 Å². The van der Waals surface area contributed by atoms with Gasteiger partial charge in [-0.2, -0.15) is 4.39 Å². The number of carbonyl (C=O) groups excluding carboxylic acids is 1. The molecule has 0 aliphatic heterocycles. The van der Waals surface area contributed by atoms with E-state index in [0.29, 0.717) is 0 Å². The summed E-state index contributed by atoms with van der Waals surface area (Å²) in [6.45, 7) is 0.106. The molecule has 1 N–H and O–H groups in total. The third-order valence-electron chi connectivity index (χ3n) is 2.09. The first-order valence-corrected chi connectivity index (χ1v) is 5.20. The van der Waals surface area contributed by atoms with Crippen LogP contribution < -0.4 is 5.32 Å². The van der Waals surface area contributed by atoms with Crippen LogP contribution in [-0.4, -0.2) is 16.1 Å². The van der Waals surface area contributed by atoms with E-state index in [9.17, 15) is 9.18 Å². The van der Waals surface area contributed by atoms with Crippen molar-refractivity contribution in [2.45, 2.75) is 6.61 Å². The Labute approximate surface area is 103 Å². The van der Waals surface area contributed by atoms with Gasteiger partial charge in [-0.1, -0.05) is 30.3 Å². The Hall–Kier alpha value is -2.50. The van der Waals surface area contributed by atoms with E-state index in [4.69, 9.17) is 4.74 Å². The molecule has 0 aliphatic rings. The molecule has 5 nitrogen and oxygen atoms in total. The quantitative estimate of drug-likeness (QED) is 0.904. The first-order chi connectivity index (χ1) is 8.75. The lowest BCUT2D eigenvalue weighted by Crippen LogP contribution is -2.15. The van der Waals surface area contributed by atoms with Crippen molar-refractivity contribution < 1.29 is 13.9 Å². The molecule has 1 aromatic heterocycles. The van der Waals surface area contributed by atoms with Crippen LogP contribution >= 0.6 is 0 Å². The molecule has 18 heavy (non-hydrogen) atoms. The largest absolute Gasteiger partial charge is 0.444 e. The van der Waals surface area contributed by atoms with Crippen molar-refractivity contribution in [2.24, 2.45) is 0 Å². The molecule has 1 aromatic carbocycles. The molecule has 0 spiro atoms. The molecule has 6 heteroatoms. The Kier molecular flexibility index (Phi) is 3.80. The maximum Gasteiger partial charge on any atom is 0.413 e. The smallest absolute Gasteiger partial charge is 0.413 e. The Balaban J connectivity index is 1.88. The van der Waals surface area contributed by atoms with Gasteiger partial charge in [-0.15, -0.1) is 0 Å². The zero-order valence-corrected chi connectivity index (χ0v) is 9.34. The van der Waals surface area contributed by atoms with Crippen molar-refractivity contribution in [3.8, 4) is 0 Å². The van der Waals surface area contributed by atoms with Gasteiger partial charge in [0.1, 0.15) is 6.61 Å². The van der Waals surface area contributed by atoms with Crippen LogP contribution in [0.4, 0.5) is 15.0 Å². The van der Waals surface area contributed by atoms with Crippen LogP contribution in [0.15, 0.2) is 42.7 Å². The number of hydrogen-bond donors (Lipinski definition) is 1. The number of benzene rings is 1. The van der Waals surface area contributed by atoms with Gasteiger partial charge in [0.05, 0.1) is 0 Å². The van der Waals surface area contributed by atoms with Gasteiger partial charge in [0.25, 0.3) is 5.95 Å². The van der Waals surface area contributed by atoms with Gasteiger partial charge in [-0.05, 0) is 5.56 Å². The molecule has 1 heterocycles. The van der Waals surface area contributed by atoms with E-state index in [1.54, 1.807) is 0 Å². The number of halogens is 1. The van der Waals surface area contributed by atoms with Crippen molar-refractivity contribution in [3.63, 3.8) is 0 Å². The first-order valence-electron chi connectivity index (χ1n) is 5.20. The second kappa shape index (κ2) is 5.72. The van der Waals surface area contributed by atoms with Crippen molar-refractivity contribution in [3.05, 3.63) is 54.2 Å². The van der Waals surface area contributed by atoms with Crippen LogP contribution in [0, 0.1) is 5.95 Å². The third-order valence-corrected chi connectivity index (χ3v) is 2.09. The monoisotopic (exact) mass is 247 g/mol. The number of nitrogens with zero attached hydrogens (tertiary/aromatic N) is 2. The molecule has 0 atom stereocenters. The number of rotatable bonds is 3. The van der Waals surface area contributed by atoms with Crippen molar-refractivity contribution >= 4 is 11.9 Å². The summed E-state index contributed by atoms with van der Waals surface area (Å²) in [7, 11) is 0.